The van der Waals surface area contributed by atoms with Gasteiger partial charge in [0.05, 0.1) is 0 Å². The molecular weight excluding hydrogens is 328 g/mol. The molecule has 0 saturated carbocycles. The third-order valence-electron chi connectivity index (χ3n) is 4.13. The highest BCUT2D eigenvalue weighted by molar-refractivity contribution is 5.66. The second-order valence-electron chi connectivity index (χ2n) is 6.04. The lowest BCUT2D eigenvalue weighted by Crippen LogP contribution is -2.15. The number of nitrogens with zero attached hydrogens (tertiary/aromatic N) is 3. The minimum absolute atomic E-state index is 0.565. The standard InChI is InChI=1S/C20H20N4O2/c1-14-21-19(13-20(22-14)24(2)16-6-4-3-5-7-16)23-15-8-9-17-18(12-15)26-11-10-25-17/h3-9,12-13H,10-11H2,1-2H3,(H,21,22,23). The van der Waals surface area contributed by atoms with E-state index in [0.29, 0.717) is 19.0 Å². The molecule has 6 nitrogen and oxygen atoms in total. The Morgan fingerprint density at radius 2 is 1.69 bits per heavy atom. The van der Waals surface area contributed by atoms with E-state index >= 15 is 0 Å². The highest BCUT2D eigenvalue weighted by atomic mass is 16.6. The van der Waals surface area contributed by atoms with E-state index in [4.69, 9.17) is 9.47 Å². The van der Waals surface area contributed by atoms with Crippen LogP contribution in [0.3, 0.4) is 0 Å². The molecule has 0 radical (unpaired) electrons. The minimum Gasteiger partial charge on any atom is -0.486 e. The van der Waals surface area contributed by atoms with Gasteiger partial charge in [-0.15, -0.1) is 0 Å². The largest absolute Gasteiger partial charge is 0.486 e. The zero-order valence-corrected chi connectivity index (χ0v) is 14.8. The van der Waals surface area contributed by atoms with Crippen LogP contribution in [0.5, 0.6) is 11.5 Å². The second kappa shape index (κ2) is 6.92. The molecule has 0 spiro atoms. The van der Waals surface area contributed by atoms with Crippen LogP contribution in [0.15, 0.2) is 54.6 Å². The zero-order chi connectivity index (χ0) is 17.9. The maximum atomic E-state index is 5.64. The van der Waals surface area contributed by atoms with Gasteiger partial charge in [-0.3, -0.25) is 0 Å². The van der Waals surface area contributed by atoms with Gasteiger partial charge < -0.3 is 19.7 Å². The van der Waals surface area contributed by atoms with E-state index in [1.165, 1.54) is 0 Å². The first kappa shape index (κ1) is 16.2. The van der Waals surface area contributed by atoms with E-state index in [1.54, 1.807) is 0 Å². The fraction of sp³-hybridized carbons (Fsp3) is 0.200. The summed E-state index contributed by atoms with van der Waals surface area (Å²) in [5.41, 5.74) is 1.96. The molecule has 2 heterocycles. The fourth-order valence-electron chi connectivity index (χ4n) is 2.84. The maximum Gasteiger partial charge on any atom is 0.163 e. The molecule has 6 heteroatoms. The van der Waals surface area contributed by atoms with Gasteiger partial charge in [0.15, 0.2) is 11.5 Å². The smallest absolute Gasteiger partial charge is 0.163 e. The van der Waals surface area contributed by atoms with Crippen molar-refractivity contribution in [2.45, 2.75) is 6.92 Å². The summed E-state index contributed by atoms with van der Waals surface area (Å²) in [6.07, 6.45) is 0. The first-order chi connectivity index (χ1) is 12.7. The topological polar surface area (TPSA) is 59.5 Å². The molecule has 3 aromatic rings. The molecule has 0 atom stereocenters. The predicted molar refractivity (Wildman–Crippen MR) is 102 cm³/mol. The van der Waals surface area contributed by atoms with Gasteiger partial charge in [-0.1, -0.05) is 18.2 Å². The molecule has 0 saturated heterocycles. The van der Waals surface area contributed by atoms with Gasteiger partial charge in [-0.05, 0) is 31.2 Å². The molecule has 0 bridgehead atoms. The molecular formula is C20H20N4O2. The van der Waals surface area contributed by atoms with Crippen molar-refractivity contribution in [1.29, 1.82) is 0 Å². The van der Waals surface area contributed by atoms with Crippen LogP contribution < -0.4 is 19.7 Å². The molecule has 0 aliphatic carbocycles. The van der Waals surface area contributed by atoms with Crippen LogP contribution in [0.4, 0.5) is 23.0 Å². The number of hydrogen-bond acceptors (Lipinski definition) is 6. The average molecular weight is 348 g/mol. The van der Waals surface area contributed by atoms with Crippen molar-refractivity contribution in [2.24, 2.45) is 0 Å². The maximum absolute atomic E-state index is 5.64. The summed E-state index contributed by atoms with van der Waals surface area (Å²) >= 11 is 0. The number of nitrogens with one attached hydrogen (secondary N) is 1. The fourth-order valence-corrected chi connectivity index (χ4v) is 2.84. The van der Waals surface area contributed by atoms with E-state index in [9.17, 15) is 0 Å². The van der Waals surface area contributed by atoms with Crippen LogP contribution >= 0.6 is 0 Å². The van der Waals surface area contributed by atoms with Crippen molar-refractivity contribution < 1.29 is 9.47 Å². The van der Waals surface area contributed by atoms with Crippen LogP contribution in [-0.2, 0) is 0 Å². The lowest BCUT2D eigenvalue weighted by atomic mass is 10.2. The number of ether oxygens (including phenoxy) is 2. The summed E-state index contributed by atoms with van der Waals surface area (Å²) in [5, 5.41) is 3.33. The van der Waals surface area contributed by atoms with Crippen LogP contribution in [0.1, 0.15) is 5.82 Å². The number of anilines is 4. The number of benzene rings is 2. The quantitative estimate of drug-likeness (QED) is 0.767. The Kier molecular flexibility index (Phi) is 4.31. The van der Waals surface area contributed by atoms with Gasteiger partial charge in [-0.25, -0.2) is 9.97 Å². The Morgan fingerprint density at radius 1 is 0.923 bits per heavy atom. The van der Waals surface area contributed by atoms with Crippen molar-refractivity contribution >= 4 is 23.0 Å². The lowest BCUT2D eigenvalue weighted by Gasteiger charge is -2.20. The van der Waals surface area contributed by atoms with Crippen molar-refractivity contribution in [2.75, 3.05) is 30.5 Å². The van der Waals surface area contributed by atoms with Gasteiger partial charge in [0.2, 0.25) is 0 Å². The number of para-hydroxylation sites is 1. The van der Waals surface area contributed by atoms with Gasteiger partial charge in [0, 0.05) is 30.6 Å². The number of aryl methyl sites for hydroxylation is 1. The lowest BCUT2D eigenvalue weighted by molar-refractivity contribution is 0.171. The number of hydrogen-bond donors (Lipinski definition) is 1. The van der Waals surface area contributed by atoms with Crippen LogP contribution in [0.25, 0.3) is 0 Å². The van der Waals surface area contributed by atoms with Crippen molar-refractivity contribution in [1.82, 2.24) is 9.97 Å². The highest BCUT2D eigenvalue weighted by Crippen LogP contribution is 2.34. The van der Waals surface area contributed by atoms with Gasteiger partial charge in [-0.2, -0.15) is 0 Å². The number of fused-ring (bicyclic) bond motifs is 1. The molecule has 26 heavy (non-hydrogen) atoms. The summed E-state index contributed by atoms with van der Waals surface area (Å²) in [5.74, 6) is 3.76. The Balaban J connectivity index is 1.60. The predicted octanol–water partition coefficient (Wildman–Crippen LogP) is 4.07. The molecule has 4 rings (SSSR count). The van der Waals surface area contributed by atoms with Gasteiger partial charge in [0.1, 0.15) is 30.7 Å². The summed E-state index contributed by atoms with van der Waals surface area (Å²) in [4.78, 5) is 11.1. The summed E-state index contributed by atoms with van der Waals surface area (Å²) < 4.78 is 11.2. The summed E-state index contributed by atoms with van der Waals surface area (Å²) in [6, 6.07) is 17.8. The molecule has 1 N–H and O–H groups in total. The summed E-state index contributed by atoms with van der Waals surface area (Å²) in [7, 11) is 1.99. The third-order valence-corrected chi connectivity index (χ3v) is 4.13. The van der Waals surface area contributed by atoms with E-state index < -0.39 is 0 Å². The number of rotatable bonds is 4. The molecule has 1 aliphatic rings. The van der Waals surface area contributed by atoms with Gasteiger partial charge >= 0.3 is 0 Å². The molecule has 0 fully saturated rings. The molecule has 1 aliphatic heterocycles. The van der Waals surface area contributed by atoms with Gasteiger partial charge in [0.25, 0.3) is 0 Å². The molecule has 0 amide bonds. The van der Waals surface area contributed by atoms with Crippen LogP contribution in [0.2, 0.25) is 0 Å². The molecule has 132 valence electrons. The molecule has 1 aromatic heterocycles. The highest BCUT2D eigenvalue weighted by Gasteiger charge is 2.13. The molecule has 0 unspecified atom stereocenters. The minimum atomic E-state index is 0.565. The average Bonchev–Trinajstić information content (AvgIpc) is 2.67. The number of aromatic nitrogens is 2. The second-order valence-corrected chi connectivity index (χ2v) is 6.04. The van der Waals surface area contributed by atoms with Crippen molar-refractivity contribution in [3.05, 3.63) is 60.4 Å². The monoisotopic (exact) mass is 348 g/mol. The first-order valence-electron chi connectivity index (χ1n) is 8.50. The van der Waals surface area contributed by atoms with Crippen molar-refractivity contribution in [3.8, 4) is 11.5 Å². The Bertz CT molecular complexity index is 915. The molecule has 2 aromatic carbocycles. The Labute approximate surface area is 152 Å². The van der Waals surface area contributed by atoms with Crippen LogP contribution in [0, 0.1) is 6.92 Å². The Morgan fingerprint density at radius 3 is 2.50 bits per heavy atom. The Hall–Kier alpha value is -3.28. The normalized spacial score (nSPS) is 12.5. The third kappa shape index (κ3) is 3.39. The van der Waals surface area contributed by atoms with Crippen molar-refractivity contribution in [3.63, 3.8) is 0 Å². The summed E-state index contributed by atoms with van der Waals surface area (Å²) in [6.45, 7) is 3.03. The van der Waals surface area contributed by atoms with E-state index in [-0.39, 0.29) is 0 Å². The SMILES string of the molecule is Cc1nc(Nc2ccc3c(c2)OCCO3)cc(N(C)c2ccccc2)n1. The van der Waals surface area contributed by atoms with E-state index in [1.807, 2.05) is 73.5 Å². The van der Waals surface area contributed by atoms with E-state index in [0.717, 1.165) is 34.5 Å². The van der Waals surface area contributed by atoms with Crippen LogP contribution in [-0.4, -0.2) is 30.2 Å². The first-order valence-corrected chi connectivity index (χ1v) is 8.50. The zero-order valence-electron chi connectivity index (χ0n) is 14.8. The van der Waals surface area contributed by atoms with E-state index in [2.05, 4.69) is 15.3 Å².